The maximum absolute atomic E-state index is 11.6. The van der Waals surface area contributed by atoms with E-state index in [0.29, 0.717) is 11.3 Å². The van der Waals surface area contributed by atoms with Crippen molar-refractivity contribution in [3.63, 3.8) is 0 Å². The number of benzene rings is 1. The van der Waals surface area contributed by atoms with Crippen LogP contribution in [-0.2, 0) is 0 Å². The lowest BCUT2D eigenvalue weighted by Gasteiger charge is -2.34. The Kier molecular flexibility index (Phi) is 1.67. The summed E-state index contributed by atoms with van der Waals surface area (Å²) in [6.07, 6.45) is 0. The molecule has 14 heavy (non-hydrogen) atoms. The molecule has 1 amide bonds. The Morgan fingerprint density at radius 1 is 1.29 bits per heavy atom. The van der Waals surface area contributed by atoms with Gasteiger partial charge in [0.05, 0.1) is 11.3 Å². The summed E-state index contributed by atoms with van der Waals surface area (Å²) in [6, 6.07) is 4.65. The monoisotopic (exact) mass is 192 g/mol. The zero-order valence-corrected chi connectivity index (χ0v) is 8.09. The lowest BCUT2D eigenvalue weighted by atomic mass is 10.0. The number of amides is 1. The second-order valence-electron chi connectivity index (χ2n) is 3.93. The summed E-state index contributed by atoms with van der Waals surface area (Å²) in [5.41, 5.74) is 0.749. The molecular formula is C10H12N2O2. The highest BCUT2D eigenvalue weighted by Gasteiger charge is 2.28. The van der Waals surface area contributed by atoms with Gasteiger partial charge in [-0.3, -0.25) is 4.79 Å². The maximum Gasteiger partial charge on any atom is 0.255 e. The molecule has 1 aromatic carbocycles. The van der Waals surface area contributed by atoms with Gasteiger partial charge in [0.15, 0.2) is 0 Å². The summed E-state index contributed by atoms with van der Waals surface area (Å²) in [4.78, 5) is 11.6. The number of rotatable bonds is 0. The molecule has 1 aliphatic rings. The van der Waals surface area contributed by atoms with Crippen LogP contribution in [0, 0.1) is 0 Å². The lowest BCUT2D eigenvalue weighted by molar-refractivity contribution is 0.0914. The van der Waals surface area contributed by atoms with Crippen LogP contribution in [0.1, 0.15) is 24.2 Å². The van der Waals surface area contributed by atoms with Gasteiger partial charge in [-0.25, -0.2) is 0 Å². The normalized spacial score (nSPS) is 18.0. The number of hydrogen-bond donors (Lipinski definition) is 3. The van der Waals surface area contributed by atoms with Gasteiger partial charge in [-0.1, -0.05) is 0 Å². The first-order valence-electron chi connectivity index (χ1n) is 4.42. The SMILES string of the molecule is CC1(C)NC(=O)c2ccc(O)cc2N1. The molecule has 0 unspecified atom stereocenters. The molecule has 0 aliphatic carbocycles. The second-order valence-corrected chi connectivity index (χ2v) is 3.93. The first-order valence-corrected chi connectivity index (χ1v) is 4.42. The van der Waals surface area contributed by atoms with Crippen LogP contribution in [0.25, 0.3) is 0 Å². The van der Waals surface area contributed by atoms with Crippen molar-refractivity contribution >= 4 is 11.6 Å². The molecule has 1 heterocycles. The average molecular weight is 192 g/mol. The van der Waals surface area contributed by atoms with Crippen LogP contribution in [0.2, 0.25) is 0 Å². The van der Waals surface area contributed by atoms with Crippen molar-refractivity contribution in [2.75, 3.05) is 5.32 Å². The van der Waals surface area contributed by atoms with Crippen LogP contribution in [0.3, 0.4) is 0 Å². The summed E-state index contributed by atoms with van der Waals surface area (Å²) in [5, 5.41) is 15.2. The molecule has 1 aromatic rings. The van der Waals surface area contributed by atoms with E-state index in [1.807, 2.05) is 13.8 Å². The van der Waals surface area contributed by atoms with Crippen molar-refractivity contribution < 1.29 is 9.90 Å². The minimum absolute atomic E-state index is 0.122. The Morgan fingerprint density at radius 2 is 2.00 bits per heavy atom. The molecule has 0 bridgehead atoms. The van der Waals surface area contributed by atoms with Gasteiger partial charge in [-0.2, -0.15) is 0 Å². The van der Waals surface area contributed by atoms with E-state index >= 15 is 0 Å². The average Bonchev–Trinajstić information content (AvgIpc) is 2.00. The van der Waals surface area contributed by atoms with Crippen LogP contribution in [0.4, 0.5) is 5.69 Å². The topological polar surface area (TPSA) is 61.4 Å². The molecule has 4 nitrogen and oxygen atoms in total. The second kappa shape index (κ2) is 2.64. The number of phenols is 1. The predicted octanol–water partition coefficient (Wildman–Crippen LogP) is 1.28. The van der Waals surface area contributed by atoms with Gasteiger partial charge in [-0.05, 0) is 26.0 Å². The fourth-order valence-electron chi connectivity index (χ4n) is 1.55. The van der Waals surface area contributed by atoms with Crippen LogP contribution in [-0.4, -0.2) is 16.7 Å². The third-order valence-electron chi connectivity index (χ3n) is 2.12. The summed E-state index contributed by atoms with van der Waals surface area (Å²) in [7, 11) is 0. The van der Waals surface area contributed by atoms with Gasteiger partial charge >= 0.3 is 0 Å². The molecular weight excluding hydrogens is 180 g/mol. The van der Waals surface area contributed by atoms with Gasteiger partial charge in [-0.15, -0.1) is 0 Å². The lowest BCUT2D eigenvalue weighted by Crippen LogP contribution is -2.53. The van der Waals surface area contributed by atoms with Crippen molar-refractivity contribution in [1.82, 2.24) is 5.32 Å². The van der Waals surface area contributed by atoms with Crippen molar-refractivity contribution in [2.45, 2.75) is 19.5 Å². The van der Waals surface area contributed by atoms with E-state index < -0.39 is 5.66 Å². The van der Waals surface area contributed by atoms with Crippen LogP contribution in [0.5, 0.6) is 5.75 Å². The molecule has 1 aliphatic heterocycles. The number of phenolic OH excluding ortho intramolecular Hbond substituents is 1. The smallest absolute Gasteiger partial charge is 0.255 e. The van der Waals surface area contributed by atoms with E-state index in [0.717, 1.165) is 0 Å². The highest BCUT2D eigenvalue weighted by atomic mass is 16.3. The predicted molar refractivity (Wildman–Crippen MR) is 53.3 cm³/mol. The Bertz CT molecular complexity index is 399. The van der Waals surface area contributed by atoms with Gasteiger partial charge in [0.1, 0.15) is 11.4 Å². The number of aromatic hydroxyl groups is 1. The maximum atomic E-state index is 11.6. The van der Waals surface area contributed by atoms with Crippen molar-refractivity contribution in [1.29, 1.82) is 0 Å². The van der Waals surface area contributed by atoms with E-state index in [-0.39, 0.29) is 11.7 Å². The third kappa shape index (κ3) is 1.39. The first kappa shape index (κ1) is 8.87. The fraction of sp³-hybridized carbons (Fsp3) is 0.300. The molecule has 0 aromatic heterocycles. The zero-order chi connectivity index (χ0) is 10.3. The van der Waals surface area contributed by atoms with E-state index in [1.54, 1.807) is 12.1 Å². The number of hydrogen-bond acceptors (Lipinski definition) is 3. The largest absolute Gasteiger partial charge is 0.508 e. The van der Waals surface area contributed by atoms with Gasteiger partial charge < -0.3 is 15.7 Å². The highest BCUT2D eigenvalue weighted by Crippen LogP contribution is 2.27. The van der Waals surface area contributed by atoms with Crippen LogP contribution in [0.15, 0.2) is 18.2 Å². The molecule has 3 N–H and O–H groups in total. The van der Waals surface area contributed by atoms with Crippen LogP contribution < -0.4 is 10.6 Å². The summed E-state index contributed by atoms with van der Waals surface area (Å²) >= 11 is 0. The molecule has 4 heteroatoms. The molecule has 0 fully saturated rings. The minimum atomic E-state index is -0.474. The Balaban J connectivity index is 2.51. The first-order chi connectivity index (χ1) is 6.48. The molecule has 2 rings (SSSR count). The molecule has 0 saturated heterocycles. The van der Waals surface area contributed by atoms with E-state index in [2.05, 4.69) is 10.6 Å². The van der Waals surface area contributed by atoms with E-state index in [9.17, 15) is 9.90 Å². The number of anilines is 1. The van der Waals surface area contributed by atoms with Crippen LogP contribution >= 0.6 is 0 Å². The van der Waals surface area contributed by atoms with E-state index in [4.69, 9.17) is 0 Å². The van der Waals surface area contributed by atoms with Gasteiger partial charge in [0.25, 0.3) is 5.91 Å². The zero-order valence-electron chi connectivity index (χ0n) is 8.09. The summed E-state index contributed by atoms with van der Waals surface area (Å²) < 4.78 is 0. The standard InChI is InChI=1S/C10H12N2O2/c1-10(2)11-8-5-6(13)3-4-7(8)9(14)12-10/h3-5,11,13H,1-2H3,(H,12,14). The Hall–Kier alpha value is -1.71. The minimum Gasteiger partial charge on any atom is -0.508 e. The number of carbonyl (C=O) groups excluding carboxylic acids is 1. The van der Waals surface area contributed by atoms with Gasteiger partial charge in [0, 0.05) is 6.07 Å². The number of carbonyl (C=O) groups is 1. The van der Waals surface area contributed by atoms with Gasteiger partial charge in [0.2, 0.25) is 0 Å². The number of fused-ring (bicyclic) bond motifs is 1. The fourth-order valence-corrected chi connectivity index (χ4v) is 1.55. The quantitative estimate of drug-likeness (QED) is 0.580. The Morgan fingerprint density at radius 3 is 2.71 bits per heavy atom. The molecule has 0 atom stereocenters. The van der Waals surface area contributed by atoms with Crippen molar-refractivity contribution in [2.24, 2.45) is 0 Å². The molecule has 74 valence electrons. The highest BCUT2D eigenvalue weighted by molar-refractivity contribution is 6.02. The molecule has 0 saturated carbocycles. The number of nitrogens with one attached hydrogen (secondary N) is 2. The molecule has 0 spiro atoms. The van der Waals surface area contributed by atoms with E-state index in [1.165, 1.54) is 6.07 Å². The molecule has 0 radical (unpaired) electrons. The summed E-state index contributed by atoms with van der Waals surface area (Å²) in [5.74, 6) is 0.0329. The Labute approximate surface area is 81.9 Å². The van der Waals surface area contributed by atoms with Crippen molar-refractivity contribution in [3.8, 4) is 5.75 Å². The summed E-state index contributed by atoms with van der Waals surface area (Å²) in [6.45, 7) is 3.72. The van der Waals surface area contributed by atoms with Crippen molar-refractivity contribution in [3.05, 3.63) is 23.8 Å². The third-order valence-corrected chi connectivity index (χ3v) is 2.12.